The van der Waals surface area contributed by atoms with Crippen molar-refractivity contribution in [2.24, 2.45) is 0 Å². The lowest BCUT2D eigenvalue weighted by atomic mass is 9.97. The van der Waals surface area contributed by atoms with Gasteiger partial charge in [-0.2, -0.15) is 0 Å². The molecule has 0 bridgehead atoms. The zero-order chi connectivity index (χ0) is 31.2. The molecule has 2 aromatic carbocycles. The molecule has 7 rings (SSSR count). The number of nitrogens with one attached hydrogen (secondary N) is 2. The van der Waals surface area contributed by atoms with Gasteiger partial charge in [-0.3, -0.25) is 23.8 Å². The summed E-state index contributed by atoms with van der Waals surface area (Å²) >= 11 is 1.12. The van der Waals surface area contributed by atoms with Crippen LogP contribution in [0.2, 0.25) is 0 Å². The summed E-state index contributed by atoms with van der Waals surface area (Å²) in [7, 11) is 0. The number of benzene rings is 2. The number of rotatable bonds is 8. The molecule has 10 nitrogen and oxygen atoms in total. The number of amides is 1. The number of nitrogens with zero attached hydrogens (tertiary/aromatic N) is 4. The number of aromatic amines is 1. The monoisotopic (exact) mass is 632 g/mol. The molecule has 2 N–H and O–H groups in total. The van der Waals surface area contributed by atoms with Gasteiger partial charge in [-0.05, 0) is 66.8 Å². The molecule has 0 unspecified atom stereocenters. The third-order valence-corrected chi connectivity index (χ3v) is 8.83. The van der Waals surface area contributed by atoms with Crippen LogP contribution in [0.1, 0.15) is 32.9 Å². The number of thiophene rings is 1. The van der Waals surface area contributed by atoms with Gasteiger partial charge in [-0.15, -0.1) is 11.3 Å². The highest BCUT2D eigenvalue weighted by molar-refractivity contribution is 7.17. The minimum Gasteiger partial charge on any atom is -0.347 e. The number of hydrogen-bond acceptors (Lipinski definition) is 7. The molecule has 0 fully saturated rings. The molecule has 6 aromatic rings. The predicted octanol–water partition coefficient (Wildman–Crippen LogP) is 4.81. The molecule has 0 aliphatic carbocycles. The van der Waals surface area contributed by atoms with E-state index in [2.05, 4.69) is 15.5 Å². The van der Waals surface area contributed by atoms with E-state index in [4.69, 9.17) is 9.51 Å². The van der Waals surface area contributed by atoms with Gasteiger partial charge in [0.2, 0.25) is 0 Å². The van der Waals surface area contributed by atoms with E-state index in [0.717, 1.165) is 35.5 Å². The van der Waals surface area contributed by atoms with Gasteiger partial charge < -0.3 is 5.32 Å². The lowest BCUT2D eigenvalue weighted by Gasteiger charge is -2.13. The molecular weight excluding hydrogens is 609 g/mol. The fourth-order valence-electron chi connectivity index (χ4n) is 5.63. The third kappa shape index (κ3) is 5.26. The average molecular weight is 633 g/mol. The number of aryl methyl sites for hydroxylation is 3. The Hall–Kier alpha value is -5.24. The zero-order valence-electron chi connectivity index (χ0n) is 23.4. The van der Waals surface area contributed by atoms with Crippen LogP contribution in [0.4, 0.5) is 13.2 Å². The standard InChI is InChI=1S/C31H23F3N6O4S/c32-18-6-2-16(3-7-18)5-9-21-24(27-37-31(43)44-38-27)25(26-28(36-21)39-12-1-13-40(39)30(26)42)22-10-11-23(45-22)29(41)35-15-17-4-8-19(33)20(34)14-17/h2-4,6-8,10-11,14H,1,5,9,12-13,15H2,(H,35,41)(H,37,38,43). The zero-order valence-corrected chi connectivity index (χ0v) is 24.2. The lowest BCUT2D eigenvalue weighted by Crippen LogP contribution is -2.21. The Labute approximate surface area is 255 Å². The fourth-order valence-corrected chi connectivity index (χ4v) is 6.61. The summed E-state index contributed by atoms with van der Waals surface area (Å²) < 4.78 is 48.8. The van der Waals surface area contributed by atoms with E-state index in [1.54, 1.807) is 28.9 Å². The van der Waals surface area contributed by atoms with Gasteiger partial charge in [0.15, 0.2) is 23.1 Å². The highest BCUT2D eigenvalue weighted by atomic mass is 32.1. The summed E-state index contributed by atoms with van der Waals surface area (Å²) in [5, 5.41) is 6.96. The molecule has 0 atom stereocenters. The molecule has 228 valence electrons. The largest absolute Gasteiger partial charge is 0.439 e. The Balaban J connectivity index is 1.34. The van der Waals surface area contributed by atoms with E-state index in [1.807, 2.05) is 4.68 Å². The Bertz CT molecular complexity index is 2210. The molecule has 1 aliphatic rings. The van der Waals surface area contributed by atoms with Crippen LogP contribution in [0, 0.1) is 17.5 Å². The first-order valence-electron chi connectivity index (χ1n) is 14.1. The number of carbonyl (C=O) groups is 1. The van der Waals surface area contributed by atoms with E-state index in [0.29, 0.717) is 69.1 Å². The molecule has 5 heterocycles. The summed E-state index contributed by atoms with van der Waals surface area (Å²) in [6, 6.07) is 12.8. The Morgan fingerprint density at radius 1 is 0.933 bits per heavy atom. The van der Waals surface area contributed by atoms with Crippen LogP contribution < -0.4 is 16.6 Å². The molecule has 14 heteroatoms. The Morgan fingerprint density at radius 2 is 1.71 bits per heavy atom. The van der Waals surface area contributed by atoms with Crippen LogP contribution in [0.5, 0.6) is 0 Å². The number of aromatic nitrogens is 5. The summed E-state index contributed by atoms with van der Waals surface area (Å²) in [6.45, 7) is 1.07. The summed E-state index contributed by atoms with van der Waals surface area (Å²) in [6.07, 6.45) is 1.60. The number of fused-ring (bicyclic) bond motifs is 3. The smallest absolute Gasteiger partial charge is 0.347 e. The first kappa shape index (κ1) is 28.5. The molecule has 0 saturated heterocycles. The second-order valence-electron chi connectivity index (χ2n) is 10.6. The van der Waals surface area contributed by atoms with Gasteiger partial charge in [-0.25, -0.2) is 27.6 Å². The second kappa shape index (κ2) is 11.4. The molecular formula is C31H23F3N6O4S. The van der Waals surface area contributed by atoms with Crippen LogP contribution in [-0.2, 0) is 32.5 Å². The van der Waals surface area contributed by atoms with E-state index in [1.165, 1.54) is 18.2 Å². The maximum Gasteiger partial charge on any atom is 0.439 e. The minimum absolute atomic E-state index is 0.0325. The van der Waals surface area contributed by atoms with Gasteiger partial charge in [0.05, 0.1) is 21.5 Å². The molecule has 4 aromatic heterocycles. The first-order valence-corrected chi connectivity index (χ1v) is 14.9. The van der Waals surface area contributed by atoms with Crippen molar-refractivity contribution in [1.82, 2.24) is 29.8 Å². The highest BCUT2D eigenvalue weighted by Gasteiger charge is 2.29. The van der Waals surface area contributed by atoms with Crippen molar-refractivity contribution in [1.29, 1.82) is 0 Å². The fraction of sp³-hybridized carbons (Fsp3) is 0.194. The van der Waals surface area contributed by atoms with Crippen LogP contribution >= 0.6 is 11.3 Å². The van der Waals surface area contributed by atoms with Crippen molar-refractivity contribution >= 4 is 28.3 Å². The molecule has 0 spiro atoms. The van der Waals surface area contributed by atoms with Crippen molar-refractivity contribution in [3.05, 3.63) is 115 Å². The van der Waals surface area contributed by atoms with E-state index < -0.39 is 23.3 Å². The molecule has 0 saturated carbocycles. The third-order valence-electron chi connectivity index (χ3n) is 7.73. The summed E-state index contributed by atoms with van der Waals surface area (Å²) in [5.41, 5.74) is 2.80. The average Bonchev–Trinajstić information content (AvgIpc) is 3.84. The molecule has 0 radical (unpaired) electrons. The normalized spacial score (nSPS) is 12.6. The molecule has 45 heavy (non-hydrogen) atoms. The van der Waals surface area contributed by atoms with Gasteiger partial charge >= 0.3 is 5.76 Å². The van der Waals surface area contributed by atoms with Crippen molar-refractivity contribution < 1.29 is 22.5 Å². The van der Waals surface area contributed by atoms with Gasteiger partial charge in [0.25, 0.3) is 11.5 Å². The second-order valence-corrected chi connectivity index (χ2v) is 11.7. The van der Waals surface area contributed by atoms with Crippen molar-refractivity contribution in [3.8, 4) is 21.8 Å². The lowest BCUT2D eigenvalue weighted by molar-refractivity contribution is 0.0955. The molecule has 1 aliphatic heterocycles. The van der Waals surface area contributed by atoms with Crippen molar-refractivity contribution in [3.63, 3.8) is 0 Å². The summed E-state index contributed by atoms with van der Waals surface area (Å²) in [4.78, 5) is 47.4. The topological polar surface area (TPSA) is 128 Å². The Kier molecular flexibility index (Phi) is 7.20. The van der Waals surface area contributed by atoms with Gasteiger partial charge in [0.1, 0.15) is 5.82 Å². The van der Waals surface area contributed by atoms with Crippen LogP contribution in [0.15, 0.2) is 68.7 Å². The van der Waals surface area contributed by atoms with Crippen molar-refractivity contribution in [2.75, 3.05) is 0 Å². The van der Waals surface area contributed by atoms with Crippen LogP contribution in [-0.4, -0.2) is 30.4 Å². The maximum absolute atomic E-state index is 13.8. The number of pyridine rings is 1. The van der Waals surface area contributed by atoms with Crippen LogP contribution in [0.25, 0.3) is 32.9 Å². The van der Waals surface area contributed by atoms with Gasteiger partial charge in [-0.1, -0.05) is 23.4 Å². The highest BCUT2D eigenvalue weighted by Crippen LogP contribution is 2.41. The molecule has 1 amide bonds. The number of hydrogen-bond donors (Lipinski definition) is 2. The SMILES string of the molecule is O=C(NCc1ccc(F)c(F)c1)c1ccc(-c2c(-c3noc(=O)[nH]3)c(CCc3ccc(F)cc3)nc3c2c(=O)n2n3CCC2)s1. The number of H-pyrrole nitrogens is 1. The number of carbonyl (C=O) groups excluding carboxylic acids is 1. The van der Waals surface area contributed by atoms with Crippen LogP contribution in [0.3, 0.4) is 0 Å². The quantitative estimate of drug-likeness (QED) is 0.248. The van der Waals surface area contributed by atoms with E-state index >= 15 is 0 Å². The van der Waals surface area contributed by atoms with Gasteiger partial charge in [0, 0.05) is 30.1 Å². The number of halogens is 3. The predicted molar refractivity (Wildman–Crippen MR) is 159 cm³/mol. The van der Waals surface area contributed by atoms with E-state index in [-0.39, 0.29) is 23.7 Å². The van der Waals surface area contributed by atoms with Crippen molar-refractivity contribution in [2.45, 2.75) is 38.9 Å². The Morgan fingerprint density at radius 3 is 2.47 bits per heavy atom. The minimum atomic E-state index is -1.01. The van der Waals surface area contributed by atoms with E-state index in [9.17, 15) is 27.6 Å². The summed E-state index contributed by atoms with van der Waals surface area (Å²) in [5.74, 6) is -3.52. The maximum atomic E-state index is 13.8. The first-order chi connectivity index (χ1) is 21.8.